The van der Waals surface area contributed by atoms with E-state index in [1.165, 1.54) is 44.6 Å². The number of likely N-dealkylation sites (N-methyl/N-ethyl adjacent to an activating group) is 1. The number of hydrogen-bond donors (Lipinski definition) is 1. The molecule has 0 amide bonds. The lowest BCUT2D eigenvalue weighted by atomic mass is 9.78. The van der Waals surface area contributed by atoms with Gasteiger partial charge >= 0.3 is 0 Å². The quantitative estimate of drug-likeness (QED) is 0.912. The Morgan fingerprint density at radius 3 is 2.90 bits per heavy atom. The normalized spacial score (nSPS) is 29.4. The van der Waals surface area contributed by atoms with E-state index in [0.29, 0.717) is 6.04 Å². The summed E-state index contributed by atoms with van der Waals surface area (Å²) in [6, 6.07) is 8.30. The topological polar surface area (TPSA) is 15.3 Å². The fourth-order valence-corrected chi connectivity index (χ4v) is 4.11. The van der Waals surface area contributed by atoms with E-state index in [1.807, 2.05) is 6.07 Å². The minimum Gasteiger partial charge on any atom is -0.310 e. The Balaban J connectivity index is 1.49. The number of halogens is 1. The average molecular weight is 290 g/mol. The van der Waals surface area contributed by atoms with Gasteiger partial charge in [-0.3, -0.25) is 0 Å². The second kappa shape index (κ2) is 6.89. The molecule has 1 heterocycles. The van der Waals surface area contributed by atoms with Gasteiger partial charge in [0.05, 0.1) is 0 Å². The van der Waals surface area contributed by atoms with Crippen molar-refractivity contribution in [2.24, 2.45) is 5.92 Å². The summed E-state index contributed by atoms with van der Waals surface area (Å²) in [4.78, 5) is 2.32. The van der Waals surface area contributed by atoms with Gasteiger partial charge in [-0.1, -0.05) is 25.0 Å². The molecule has 3 atom stereocenters. The summed E-state index contributed by atoms with van der Waals surface area (Å²) in [6.07, 6.45) is 8.26. The van der Waals surface area contributed by atoms with Crippen LogP contribution in [0.15, 0.2) is 24.3 Å². The number of nitrogens with one attached hydrogen (secondary N) is 1. The molecule has 1 aromatic rings. The van der Waals surface area contributed by atoms with Crippen molar-refractivity contribution in [3.63, 3.8) is 0 Å². The molecule has 1 aromatic carbocycles. The molecule has 2 nitrogen and oxygen atoms in total. The average Bonchev–Trinajstić information content (AvgIpc) is 2.47. The first-order valence-corrected chi connectivity index (χ1v) is 8.40. The second-order valence-corrected chi connectivity index (χ2v) is 6.92. The number of fused-ring (bicyclic) bond motifs is 1. The summed E-state index contributed by atoms with van der Waals surface area (Å²) in [6.45, 7) is 1.88. The Morgan fingerprint density at radius 1 is 1.19 bits per heavy atom. The Hall–Kier alpha value is -0.930. The molecule has 2 fully saturated rings. The van der Waals surface area contributed by atoms with Gasteiger partial charge in [0, 0.05) is 25.2 Å². The van der Waals surface area contributed by atoms with E-state index in [1.54, 1.807) is 12.1 Å². The SMILES string of the molecule is CN(Cc1cccc(F)c1)CC1CCC2CCCCC2N1. The van der Waals surface area contributed by atoms with Gasteiger partial charge in [-0.05, 0) is 56.3 Å². The third-order valence-electron chi connectivity index (χ3n) is 5.12. The molecule has 1 aliphatic heterocycles. The Kier molecular flexibility index (Phi) is 4.91. The van der Waals surface area contributed by atoms with Crippen molar-refractivity contribution >= 4 is 0 Å². The van der Waals surface area contributed by atoms with Crippen molar-refractivity contribution in [2.75, 3.05) is 13.6 Å². The maximum atomic E-state index is 13.2. The third-order valence-corrected chi connectivity index (χ3v) is 5.12. The van der Waals surface area contributed by atoms with Gasteiger partial charge in [-0.25, -0.2) is 4.39 Å². The van der Waals surface area contributed by atoms with Crippen LogP contribution >= 0.6 is 0 Å². The van der Waals surface area contributed by atoms with Gasteiger partial charge in [-0.15, -0.1) is 0 Å². The predicted molar refractivity (Wildman–Crippen MR) is 84.6 cm³/mol. The Morgan fingerprint density at radius 2 is 2.05 bits per heavy atom. The maximum Gasteiger partial charge on any atom is 0.123 e. The summed E-state index contributed by atoms with van der Waals surface area (Å²) in [5, 5.41) is 3.87. The zero-order chi connectivity index (χ0) is 14.7. The molecule has 0 aromatic heterocycles. The van der Waals surface area contributed by atoms with Gasteiger partial charge in [-0.2, -0.15) is 0 Å². The van der Waals surface area contributed by atoms with E-state index in [9.17, 15) is 4.39 Å². The fraction of sp³-hybridized carbons (Fsp3) is 0.667. The monoisotopic (exact) mass is 290 g/mol. The highest BCUT2D eigenvalue weighted by Crippen LogP contribution is 2.32. The highest BCUT2D eigenvalue weighted by atomic mass is 19.1. The molecule has 1 saturated carbocycles. The third kappa shape index (κ3) is 4.04. The molecule has 0 spiro atoms. The molecule has 3 heteroatoms. The molecule has 116 valence electrons. The number of benzene rings is 1. The first-order chi connectivity index (χ1) is 10.2. The van der Waals surface area contributed by atoms with Gasteiger partial charge < -0.3 is 10.2 Å². The molecule has 1 N–H and O–H groups in total. The van der Waals surface area contributed by atoms with Crippen LogP contribution in [0.5, 0.6) is 0 Å². The summed E-state index contributed by atoms with van der Waals surface area (Å²) in [5.41, 5.74) is 1.06. The fourth-order valence-electron chi connectivity index (χ4n) is 4.11. The second-order valence-electron chi connectivity index (χ2n) is 6.92. The molecule has 0 radical (unpaired) electrons. The van der Waals surface area contributed by atoms with Crippen LogP contribution in [0.25, 0.3) is 0 Å². The van der Waals surface area contributed by atoms with Crippen LogP contribution in [0.4, 0.5) is 4.39 Å². The van der Waals surface area contributed by atoms with E-state index in [0.717, 1.165) is 30.6 Å². The summed E-state index contributed by atoms with van der Waals surface area (Å²) < 4.78 is 13.2. The smallest absolute Gasteiger partial charge is 0.123 e. The van der Waals surface area contributed by atoms with Crippen LogP contribution in [0.3, 0.4) is 0 Å². The zero-order valence-corrected chi connectivity index (χ0v) is 13.0. The van der Waals surface area contributed by atoms with Crippen molar-refractivity contribution in [3.05, 3.63) is 35.6 Å². The molecule has 0 bridgehead atoms. The first-order valence-electron chi connectivity index (χ1n) is 8.40. The number of rotatable bonds is 4. The molecule has 3 unspecified atom stereocenters. The minimum absolute atomic E-state index is 0.137. The first kappa shape index (κ1) is 15.0. The summed E-state index contributed by atoms with van der Waals surface area (Å²) >= 11 is 0. The maximum absolute atomic E-state index is 13.2. The predicted octanol–water partition coefficient (Wildman–Crippen LogP) is 3.57. The molecular weight excluding hydrogens is 263 g/mol. The number of nitrogens with zero attached hydrogens (tertiary/aromatic N) is 1. The molecule has 1 aliphatic carbocycles. The number of hydrogen-bond acceptors (Lipinski definition) is 2. The van der Waals surface area contributed by atoms with Crippen LogP contribution in [0, 0.1) is 11.7 Å². The van der Waals surface area contributed by atoms with Crippen LogP contribution in [0.1, 0.15) is 44.1 Å². The molecular formula is C18H27FN2. The lowest BCUT2D eigenvalue weighted by Gasteiger charge is -2.41. The zero-order valence-electron chi connectivity index (χ0n) is 13.0. The Bertz CT molecular complexity index is 462. The summed E-state index contributed by atoms with van der Waals surface area (Å²) in [7, 11) is 2.14. The van der Waals surface area contributed by atoms with E-state index in [-0.39, 0.29) is 5.82 Å². The highest BCUT2D eigenvalue weighted by molar-refractivity contribution is 5.16. The highest BCUT2D eigenvalue weighted by Gasteiger charge is 2.31. The Labute approximate surface area is 127 Å². The summed E-state index contributed by atoms with van der Waals surface area (Å²) in [5.74, 6) is 0.783. The van der Waals surface area contributed by atoms with E-state index >= 15 is 0 Å². The van der Waals surface area contributed by atoms with Gasteiger partial charge in [0.25, 0.3) is 0 Å². The van der Waals surface area contributed by atoms with Gasteiger partial charge in [0.2, 0.25) is 0 Å². The largest absolute Gasteiger partial charge is 0.310 e. The van der Waals surface area contributed by atoms with E-state index < -0.39 is 0 Å². The molecule has 21 heavy (non-hydrogen) atoms. The van der Waals surface area contributed by atoms with E-state index in [2.05, 4.69) is 17.3 Å². The van der Waals surface area contributed by atoms with Gasteiger partial charge in [0.15, 0.2) is 0 Å². The van der Waals surface area contributed by atoms with E-state index in [4.69, 9.17) is 0 Å². The van der Waals surface area contributed by atoms with Gasteiger partial charge in [0.1, 0.15) is 5.82 Å². The molecule has 3 rings (SSSR count). The van der Waals surface area contributed by atoms with Crippen molar-refractivity contribution in [2.45, 2.75) is 57.2 Å². The van der Waals surface area contributed by atoms with Crippen molar-refractivity contribution < 1.29 is 4.39 Å². The van der Waals surface area contributed by atoms with Crippen molar-refractivity contribution in [1.82, 2.24) is 10.2 Å². The minimum atomic E-state index is -0.137. The lowest BCUT2D eigenvalue weighted by molar-refractivity contribution is 0.151. The molecule has 1 saturated heterocycles. The van der Waals surface area contributed by atoms with Crippen molar-refractivity contribution in [1.29, 1.82) is 0 Å². The number of piperidine rings is 1. The van der Waals surface area contributed by atoms with Crippen molar-refractivity contribution in [3.8, 4) is 0 Å². The van der Waals surface area contributed by atoms with Crippen LogP contribution in [0.2, 0.25) is 0 Å². The standard InChI is InChI=1S/C18H27FN2/c1-21(12-14-5-4-7-16(19)11-14)13-17-10-9-15-6-2-3-8-18(15)20-17/h4-5,7,11,15,17-18,20H,2-3,6,8-10,12-13H2,1H3. The molecule has 2 aliphatic rings. The lowest BCUT2D eigenvalue weighted by Crippen LogP contribution is -2.52. The van der Waals surface area contributed by atoms with Crippen LogP contribution in [-0.4, -0.2) is 30.6 Å². The van der Waals surface area contributed by atoms with Crippen LogP contribution in [-0.2, 0) is 6.54 Å². The van der Waals surface area contributed by atoms with Crippen LogP contribution < -0.4 is 5.32 Å².